The molecule has 0 saturated carbocycles. The molecule has 6 aromatic carbocycles. The van der Waals surface area contributed by atoms with E-state index in [9.17, 15) is 53.3 Å². The molecule has 68 heavy (non-hydrogen) atoms. The molecule has 4 N–H and O–H groups in total. The molecule has 2 heterocycles. The molecular formula is C46H36F6N8O6S2. The number of hydrogen-bond donors (Lipinski definition) is 3. The minimum Gasteiger partial charge on any atom is -0.399 e. The van der Waals surface area contributed by atoms with Gasteiger partial charge in [0.1, 0.15) is 0 Å². The van der Waals surface area contributed by atoms with Crippen LogP contribution in [-0.2, 0) is 32.4 Å². The van der Waals surface area contributed by atoms with Crippen LogP contribution in [0.2, 0.25) is 0 Å². The van der Waals surface area contributed by atoms with Crippen LogP contribution in [0.15, 0.2) is 158 Å². The molecule has 0 unspecified atom stereocenters. The van der Waals surface area contributed by atoms with Gasteiger partial charge in [-0.25, -0.2) is 26.2 Å². The highest BCUT2D eigenvalue weighted by Gasteiger charge is 2.36. The Morgan fingerprint density at radius 2 is 0.794 bits per heavy atom. The van der Waals surface area contributed by atoms with Crippen LogP contribution >= 0.6 is 0 Å². The number of non-ortho nitro benzene ring substituents is 1. The van der Waals surface area contributed by atoms with Crippen molar-refractivity contribution >= 4 is 42.8 Å². The molecule has 0 bridgehead atoms. The number of aromatic nitrogens is 4. The SMILES string of the molecule is CS(=O)(=O)Nc1ccc(-n2nc(C(F)(F)F)cc2-c2ccc(-c3ccc(N)cc3)cc2)cc1.CS(=O)(=O)Nc1ccc(-n2nc(C(F)(F)F)cc2-c2ccc(-c3ccc([N+](=O)[O-])cc3)cc2)cc1. The van der Waals surface area contributed by atoms with Crippen LogP contribution in [-0.4, -0.2) is 53.8 Å². The molecule has 22 heteroatoms. The van der Waals surface area contributed by atoms with Gasteiger partial charge in [-0.2, -0.15) is 36.5 Å². The van der Waals surface area contributed by atoms with E-state index in [-0.39, 0.29) is 22.8 Å². The van der Waals surface area contributed by atoms with Crippen LogP contribution in [0.3, 0.4) is 0 Å². The van der Waals surface area contributed by atoms with E-state index in [2.05, 4.69) is 19.6 Å². The van der Waals surface area contributed by atoms with E-state index in [0.717, 1.165) is 46.0 Å². The van der Waals surface area contributed by atoms with Gasteiger partial charge in [-0.1, -0.05) is 60.7 Å². The molecule has 14 nitrogen and oxygen atoms in total. The number of halogens is 6. The van der Waals surface area contributed by atoms with Crippen molar-refractivity contribution in [3.63, 3.8) is 0 Å². The molecule has 0 aliphatic rings. The van der Waals surface area contributed by atoms with Gasteiger partial charge < -0.3 is 5.73 Å². The number of sulfonamides is 2. The number of rotatable bonds is 11. The molecule has 0 amide bonds. The third kappa shape index (κ3) is 11.9. The van der Waals surface area contributed by atoms with Crippen LogP contribution in [0, 0.1) is 10.1 Å². The summed E-state index contributed by atoms with van der Waals surface area (Å²) in [6.45, 7) is 0. The number of nitrogens with one attached hydrogen (secondary N) is 2. The fourth-order valence-electron chi connectivity index (χ4n) is 6.73. The van der Waals surface area contributed by atoms with Gasteiger partial charge in [0.25, 0.3) is 5.69 Å². The number of anilines is 3. The normalized spacial score (nSPS) is 11.9. The number of nitrogens with zero attached hydrogens (tertiary/aromatic N) is 5. The Balaban J connectivity index is 0.000000202. The molecule has 0 radical (unpaired) electrons. The Labute approximate surface area is 384 Å². The molecule has 0 aliphatic carbocycles. The van der Waals surface area contributed by atoms with Gasteiger partial charge in [0.05, 0.1) is 40.2 Å². The first-order valence-corrected chi connectivity index (χ1v) is 23.5. The maximum atomic E-state index is 13.4. The van der Waals surface area contributed by atoms with Crippen LogP contribution in [0.1, 0.15) is 11.4 Å². The van der Waals surface area contributed by atoms with Gasteiger partial charge in [-0.15, -0.1) is 0 Å². The van der Waals surface area contributed by atoms with Gasteiger partial charge in [-0.3, -0.25) is 19.6 Å². The fraction of sp³-hybridized carbons (Fsp3) is 0.0870. The molecule has 0 fully saturated rings. The number of alkyl halides is 6. The van der Waals surface area contributed by atoms with Gasteiger partial charge in [0.15, 0.2) is 11.4 Å². The molecule has 0 aliphatic heterocycles. The zero-order chi connectivity index (χ0) is 49.2. The van der Waals surface area contributed by atoms with Gasteiger partial charge >= 0.3 is 12.4 Å². The monoisotopic (exact) mass is 974 g/mol. The molecule has 0 atom stereocenters. The van der Waals surface area contributed by atoms with Crippen LogP contribution in [0.4, 0.5) is 49.1 Å². The smallest absolute Gasteiger partial charge is 0.399 e. The molecule has 350 valence electrons. The second-order valence-corrected chi connectivity index (χ2v) is 18.6. The van der Waals surface area contributed by atoms with E-state index in [0.29, 0.717) is 39.4 Å². The summed E-state index contributed by atoms with van der Waals surface area (Å²) in [5, 5.41) is 18.3. The lowest BCUT2D eigenvalue weighted by Crippen LogP contribution is -2.10. The van der Waals surface area contributed by atoms with Crippen molar-refractivity contribution in [2.75, 3.05) is 27.7 Å². The first-order chi connectivity index (χ1) is 31.9. The van der Waals surface area contributed by atoms with Crippen LogP contribution < -0.4 is 15.2 Å². The molecule has 0 spiro atoms. The zero-order valence-electron chi connectivity index (χ0n) is 35.4. The topological polar surface area (TPSA) is 197 Å². The highest BCUT2D eigenvalue weighted by Crippen LogP contribution is 2.36. The lowest BCUT2D eigenvalue weighted by molar-refractivity contribution is -0.384. The van der Waals surface area contributed by atoms with Crippen molar-refractivity contribution in [3.05, 3.63) is 179 Å². The van der Waals surface area contributed by atoms with Gasteiger partial charge in [0.2, 0.25) is 20.0 Å². The highest BCUT2D eigenvalue weighted by molar-refractivity contribution is 7.92. The zero-order valence-corrected chi connectivity index (χ0v) is 37.0. The van der Waals surface area contributed by atoms with Crippen LogP contribution in [0.5, 0.6) is 0 Å². The second kappa shape index (κ2) is 18.7. The summed E-state index contributed by atoms with van der Waals surface area (Å²) in [5.74, 6) is 0. The van der Waals surface area contributed by atoms with Crippen LogP contribution in [0.25, 0.3) is 56.1 Å². The predicted octanol–water partition coefficient (Wildman–Crippen LogP) is 10.7. The number of nitrogen functional groups attached to an aromatic ring is 1. The minimum atomic E-state index is -4.67. The summed E-state index contributed by atoms with van der Waals surface area (Å²) in [6, 6.07) is 40.5. The summed E-state index contributed by atoms with van der Waals surface area (Å²) < 4.78 is 133. The summed E-state index contributed by atoms with van der Waals surface area (Å²) in [7, 11) is -6.99. The molecule has 2 aromatic heterocycles. The molecule has 8 aromatic rings. The second-order valence-electron chi connectivity index (χ2n) is 15.1. The number of hydrogen-bond acceptors (Lipinski definition) is 9. The summed E-state index contributed by atoms with van der Waals surface area (Å²) >= 11 is 0. The summed E-state index contributed by atoms with van der Waals surface area (Å²) in [5.41, 5.74) is 10.1. The molecule has 8 rings (SSSR count). The summed E-state index contributed by atoms with van der Waals surface area (Å²) in [4.78, 5) is 10.3. The van der Waals surface area contributed by atoms with Crippen molar-refractivity contribution in [1.29, 1.82) is 0 Å². The summed E-state index contributed by atoms with van der Waals surface area (Å²) in [6.07, 6.45) is -7.29. The average Bonchev–Trinajstić information content (AvgIpc) is 3.94. The van der Waals surface area contributed by atoms with Crippen molar-refractivity contribution in [2.24, 2.45) is 0 Å². The maximum Gasteiger partial charge on any atom is 0.435 e. The van der Waals surface area contributed by atoms with E-state index in [1.165, 1.54) is 65.3 Å². The highest BCUT2D eigenvalue weighted by atomic mass is 32.2. The first kappa shape index (κ1) is 48.0. The van der Waals surface area contributed by atoms with E-state index in [4.69, 9.17) is 5.73 Å². The molecule has 0 saturated heterocycles. The quantitative estimate of drug-likeness (QED) is 0.0489. The maximum absolute atomic E-state index is 13.4. The Morgan fingerprint density at radius 1 is 0.500 bits per heavy atom. The third-order valence-corrected chi connectivity index (χ3v) is 11.1. The first-order valence-electron chi connectivity index (χ1n) is 19.7. The standard InChI is InChI=1S/C23H17F3N4O4S.C23H19F3N4O2S/c1-35(33,34)28-18-8-12-19(13-9-18)29-21(14-22(27-29)23(24,25)26)17-4-2-15(3-5-17)16-6-10-20(11-7-16)30(31)32;1-33(31,32)29-19-10-12-20(13-11-19)30-21(14-22(28-30)23(24,25)26)17-4-2-15(3-5-17)16-6-8-18(27)9-7-16/h2-14,28H,1H3;2-14,29H,27H2,1H3. The number of nitro groups is 1. The average molecular weight is 975 g/mol. The Morgan fingerprint density at radius 3 is 1.09 bits per heavy atom. The predicted molar refractivity (Wildman–Crippen MR) is 247 cm³/mol. The Kier molecular flexibility index (Phi) is 13.2. The van der Waals surface area contributed by atoms with Gasteiger partial charge in [0, 0.05) is 40.3 Å². The third-order valence-electron chi connectivity index (χ3n) is 9.85. The minimum absolute atomic E-state index is 0.0493. The number of nitro benzene ring substituents is 1. The van der Waals surface area contributed by atoms with Crippen molar-refractivity contribution in [2.45, 2.75) is 12.4 Å². The van der Waals surface area contributed by atoms with E-state index in [1.54, 1.807) is 60.7 Å². The van der Waals surface area contributed by atoms with Crippen molar-refractivity contribution in [1.82, 2.24) is 19.6 Å². The van der Waals surface area contributed by atoms with Crippen molar-refractivity contribution in [3.8, 4) is 56.1 Å². The lowest BCUT2D eigenvalue weighted by atomic mass is 10.0. The van der Waals surface area contributed by atoms with E-state index in [1.807, 2.05) is 24.3 Å². The Bertz CT molecular complexity index is 3310. The number of nitrogens with two attached hydrogens (primary N) is 1. The van der Waals surface area contributed by atoms with Gasteiger partial charge in [-0.05, 0) is 107 Å². The molecular weight excluding hydrogens is 939 g/mol. The number of benzene rings is 6. The fourth-order valence-corrected chi connectivity index (χ4v) is 7.86. The Hall–Kier alpha value is -7.98. The van der Waals surface area contributed by atoms with E-state index < -0.39 is 48.7 Å². The van der Waals surface area contributed by atoms with Crippen molar-refractivity contribution < 1.29 is 48.1 Å². The van der Waals surface area contributed by atoms with E-state index >= 15 is 0 Å². The lowest BCUT2D eigenvalue weighted by Gasteiger charge is -2.10. The largest absolute Gasteiger partial charge is 0.435 e.